The largest absolute Gasteiger partial charge is 0.356 e. The summed E-state index contributed by atoms with van der Waals surface area (Å²) >= 11 is 5.28. The van der Waals surface area contributed by atoms with Crippen LogP contribution in [0.15, 0.2) is 6.20 Å². The summed E-state index contributed by atoms with van der Waals surface area (Å²) in [6.07, 6.45) is 2.40. The van der Waals surface area contributed by atoms with Crippen molar-refractivity contribution in [2.45, 2.75) is 53.0 Å². The van der Waals surface area contributed by atoms with E-state index in [4.69, 9.17) is 12.2 Å². The number of imidazole rings is 1. The van der Waals surface area contributed by atoms with Crippen LogP contribution in [0.25, 0.3) is 0 Å². The second-order valence-corrected chi connectivity index (χ2v) is 6.72. The summed E-state index contributed by atoms with van der Waals surface area (Å²) in [5.41, 5.74) is 1.15. The normalized spacial score (nSPS) is 11.9. The Kier molecular flexibility index (Phi) is 5.35. The quantitative estimate of drug-likeness (QED) is 0.816. The van der Waals surface area contributed by atoms with E-state index in [9.17, 15) is 4.79 Å². The van der Waals surface area contributed by atoms with Crippen molar-refractivity contribution in [1.82, 2.24) is 14.9 Å². The van der Waals surface area contributed by atoms with Crippen molar-refractivity contribution in [3.05, 3.63) is 16.7 Å². The molecule has 0 aliphatic carbocycles. The monoisotopic (exact) mass is 283 g/mol. The van der Waals surface area contributed by atoms with Crippen LogP contribution in [0.2, 0.25) is 0 Å². The van der Waals surface area contributed by atoms with Gasteiger partial charge in [-0.15, -0.1) is 0 Å². The van der Waals surface area contributed by atoms with Crippen molar-refractivity contribution < 1.29 is 4.79 Å². The molecule has 4 nitrogen and oxygen atoms in total. The van der Waals surface area contributed by atoms with E-state index in [1.807, 2.05) is 10.8 Å². The third-order valence-corrected chi connectivity index (χ3v) is 3.24. The molecule has 108 valence electrons. The minimum absolute atomic E-state index is 0.0158. The van der Waals surface area contributed by atoms with E-state index in [-0.39, 0.29) is 11.3 Å². The van der Waals surface area contributed by atoms with Crippen LogP contribution in [0.3, 0.4) is 0 Å². The summed E-state index contributed by atoms with van der Waals surface area (Å²) in [5, 5.41) is 2.93. The molecule has 0 fully saturated rings. The fourth-order valence-corrected chi connectivity index (χ4v) is 2.11. The fraction of sp³-hybridized carbons (Fsp3) is 0.714. The number of aromatic nitrogens is 2. The summed E-state index contributed by atoms with van der Waals surface area (Å²) < 4.78 is 2.70. The molecule has 0 unspecified atom stereocenters. The highest BCUT2D eigenvalue weighted by atomic mass is 32.1. The number of rotatable bonds is 5. The molecule has 0 atom stereocenters. The Bertz CT molecular complexity index is 480. The second kappa shape index (κ2) is 6.37. The van der Waals surface area contributed by atoms with Gasteiger partial charge in [-0.25, -0.2) is 0 Å². The van der Waals surface area contributed by atoms with Crippen molar-refractivity contribution in [2.24, 2.45) is 5.92 Å². The van der Waals surface area contributed by atoms with Gasteiger partial charge in [0.25, 0.3) is 0 Å². The van der Waals surface area contributed by atoms with Gasteiger partial charge in [0.1, 0.15) is 0 Å². The van der Waals surface area contributed by atoms with Crippen molar-refractivity contribution in [3.8, 4) is 0 Å². The molecule has 2 N–H and O–H groups in total. The molecule has 1 rings (SSSR count). The van der Waals surface area contributed by atoms with Crippen LogP contribution in [-0.4, -0.2) is 22.0 Å². The van der Waals surface area contributed by atoms with Crippen LogP contribution in [0.5, 0.6) is 0 Å². The molecule has 1 aromatic rings. The molecular formula is C14H25N3OS. The molecule has 1 heterocycles. The number of carbonyl (C=O) groups excluding carboxylic acids is 1. The minimum atomic E-state index is 0.0158. The van der Waals surface area contributed by atoms with E-state index in [2.05, 4.69) is 44.9 Å². The molecular weight excluding hydrogens is 258 g/mol. The van der Waals surface area contributed by atoms with Crippen LogP contribution in [0.4, 0.5) is 0 Å². The van der Waals surface area contributed by atoms with Gasteiger partial charge in [-0.1, -0.05) is 34.6 Å². The highest BCUT2D eigenvalue weighted by molar-refractivity contribution is 7.71. The van der Waals surface area contributed by atoms with Crippen LogP contribution in [0.1, 0.15) is 46.7 Å². The number of hydrogen-bond donors (Lipinski definition) is 2. The SMILES string of the molecule is CC(C)CNC(=O)CCn1c(C(C)(C)C)c[nH]c1=S. The second-order valence-electron chi connectivity index (χ2n) is 6.33. The van der Waals surface area contributed by atoms with Crippen LogP contribution in [-0.2, 0) is 16.8 Å². The first kappa shape index (κ1) is 16.0. The molecule has 0 saturated heterocycles. The number of H-pyrrole nitrogens is 1. The summed E-state index contributed by atoms with van der Waals surface area (Å²) in [7, 11) is 0. The zero-order valence-electron chi connectivity index (χ0n) is 12.5. The third-order valence-electron chi connectivity index (χ3n) is 2.91. The van der Waals surface area contributed by atoms with Crippen LogP contribution < -0.4 is 5.32 Å². The van der Waals surface area contributed by atoms with Gasteiger partial charge in [-0.05, 0) is 18.1 Å². The zero-order valence-corrected chi connectivity index (χ0v) is 13.4. The zero-order chi connectivity index (χ0) is 14.6. The smallest absolute Gasteiger partial charge is 0.221 e. The number of aromatic amines is 1. The van der Waals surface area contributed by atoms with Crippen LogP contribution >= 0.6 is 12.2 Å². The van der Waals surface area contributed by atoms with E-state index in [1.54, 1.807) is 0 Å². The molecule has 0 spiro atoms. The van der Waals surface area contributed by atoms with E-state index in [1.165, 1.54) is 0 Å². The summed E-state index contributed by atoms with van der Waals surface area (Å²) in [6.45, 7) is 11.9. The Morgan fingerprint density at radius 3 is 2.63 bits per heavy atom. The third kappa shape index (κ3) is 4.82. The Balaban J connectivity index is 2.66. The maximum atomic E-state index is 11.7. The Labute approximate surface area is 120 Å². The first-order valence-corrected chi connectivity index (χ1v) is 7.18. The average Bonchev–Trinajstić information content (AvgIpc) is 2.65. The molecule has 5 heteroatoms. The molecule has 1 amide bonds. The molecule has 19 heavy (non-hydrogen) atoms. The molecule has 0 bridgehead atoms. The first-order valence-electron chi connectivity index (χ1n) is 6.77. The lowest BCUT2D eigenvalue weighted by atomic mass is 9.92. The minimum Gasteiger partial charge on any atom is -0.356 e. The maximum absolute atomic E-state index is 11.7. The molecule has 0 saturated carbocycles. The van der Waals surface area contributed by atoms with Gasteiger partial charge in [0.05, 0.1) is 0 Å². The number of carbonyl (C=O) groups is 1. The topological polar surface area (TPSA) is 49.8 Å². The van der Waals surface area contributed by atoms with Crippen molar-refractivity contribution in [1.29, 1.82) is 0 Å². The van der Waals surface area contributed by atoms with Crippen molar-refractivity contribution in [3.63, 3.8) is 0 Å². The highest BCUT2D eigenvalue weighted by Crippen LogP contribution is 2.22. The lowest BCUT2D eigenvalue weighted by molar-refractivity contribution is -0.121. The molecule has 0 aromatic carbocycles. The van der Waals surface area contributed by atoms with E-state index in [0.29, 0.717) is 23.7 Å². The standard InChI is InChI=1S/C14H25N3OS/c1-10(2)8-15-12(18)6-7-17-11(14(3,4)5)9-16-13(17)19/h9-10H,6-8H2,1-5H3,(H,15,18)(H,16,19). The first-order chi connectivity index (χ1) is 8.71. The van der Waals surface area contributed by atoms with Gasteiger partial charge in [0.2, 0.25) is 5.91 Å². The Hall–Kier alpha value is -1.10. The van der Waals surface area contributed by atoms with E-state index in [0.717, 1.165) is 12.2 Å². The molecule has 0 aliphatic rings. The number of nitrogens with zero attached hydrogens (tertiary/aromatic N) is 1. The van der Waals surface area contributed by atoms with Gasteiger partial charge >= 0.3 is 0 Å². The Morgan fingerprint density at radius 1 is 1.47 bits per heavy atom. The molecule has 0 aliphatic heterocycles. The van der Waals surface area contributed by atoms with E-state index >= 15 is 0 Å². The molecule has 0 radical (unpaired) electrons. The average molecular weight is 283 g/mol. The summed E-state index contributed by atoms with van der Waals surface area (Å²) in [6, 6.07) is 0. The fourth-order valence-electron chi connectivity index (χ4n) is 1.86. The number of amides is 1. The highest BCUT2D eigenvalue weighted by Gasteiger charge is 2.19. The van der Waals surface area contributed by atoms with E-state index < -0.39 is 0 Å². The van der Waals surface area contributed by atoms with Gasteiger partial charge in [-0.3, -0.25) is 4.79 Å². The van der Waals surface area contributed by atoms with Gasteiger partial charge in [0.15, 0.2) is 4.77 Å². The predicted molar refractivity (Wildman–Crippen MR) is 80.8 cm³/mol. The summed E-state index contributed by atoms with van der Waals surface area (Å²) in [5.74, 6) is 0.556. The number of hydrogen-bond acceptors (Lipinski definition) is 2. The predicted octanol–water partition coefficient (Wildman–Crippen LogP) is 3.01. The van der Waals surface area contributed by atoms with Gasteiger partial charge in [-0.2, -0.15) is 0 Å². The Morgan fingerprint density at radius 2 is 2.11 bits per heavy atom. The lowest BCUT2D eigenvalue weighted by Crippen LogP contribution is -2.28. The summed E-state index contributed by atoms with van der Waals surface area (Å²) in [4.78, 5) is 14.8. The van der Waals surface area contributed by atoms with Crippen LogP contribution in [0, 0.1) is 10.7 Å². The number of nitrogens with one attached hydrogen (secondary N) is 2. The molecule has 1 aromatic heterocycles. The van der Waals surface area contributed by atoms with Crippen molar-refractivity contribution in [2.75, 3.05) is 6.54 Å². The van der Waals surface area contributed by atoms with Gasteiger partial charge < -0.3 is 14.9 Å². The van der Waals surface area contributed by atoms with Crippen molar-refractivity contribution >= 4 is 18.1 Å². The lowest BCUT2D eigenvalue weighted by Gasteiger charge is -2.20. The van der Waals surface area contributed by atoms with Gasteiger partial charge in [0, 0.05) is 36.8 Å². The maximum Gasteiger partial charge on any atom is 0.221 e.